The van der Waals surface area contributed by atoms with Crippen LogP contribution >= 0.6 is 11.6 Å². The van der Waals surface area contributed by atoms with Crippen LogP contribution in [-0.2, 0) is 20.9 Å². The van der Waals surface area contributed by atoms with Gasteiger partial charge in [0.15, 0.2) is 5.70 Å². The van der Waals surface area contributed by atoms with Gasteiger partial charge in [0, 0.05) is 28.8 Å². The van der Waals surface area contributed by atoms with Crippen LogP contribution in [0.2, 0.25) is 5.02 Å². The van der Waals surface area contributed by atoms with Crippen molar-refractivity contribution >= 4 is 41.1 Å². The van der Waals surface area contributed by atoms with Crippen molar-refractivity contribution in [3.05, 3.63) is 100 Å². The minimum absolute atomic E-state index is 0.159. The number of carbonyl (C=O) groups excluding carboxylic acids is 2. The van der Waals surface area contributed by atoms with Crippen molar-refractivity contribution < 1.29 is 19.1 Å². The lowest BCUT2D eigenvalue weighted by atomic mass is 10.2. The van der Waals surface area contributed by atoms with Crippen LogP contribution in [0.1, 0.15) is 23.6 Å². The number of nitrogens with zero attached hydrogens (tertiary/aromatic N) is 1. The lowest BCUT2D eigenvalue weighted by molar-refractivity contribution is -0.129. The van der Waals surface area contributed by atoms with Gasteiger partial charge in [0.1, 0.15) is 12.4 Å². The predicted molar refractivity (Wildman–Crippen MR) is 124 cm³/mol. The number of cyclic esters (lactones) is 1. The normalized spacial score (nSPS) is 14.1. The van der Waals surface area contributed by atoms with Crippen molar-refractivity contribution in [3.63, 3.8) is 0 Å². The number of halogens is 1. The SMILES string of the molecule is CC(=O)Nc1ccc(C2=N/C(=C\c3ccc(OCc4ccccc4Cl)cc3)C(=O)O2)cc1. The highest BCUT2D eigenvalue weighted by Gasteiger charge is 2.24. The Hall–Kier alpha value is -3.90. The lowest BCUT2D eigenvalue weighted by Crippen LogP contribution is -2.07. The molecule has 32 heavy (non-hydrogen) atoms. The third kappa shape index (κ3) is 5.22. The van der Waals surface area contributed by atoms with Gasteiger partial charge in [0.2, 0.25) is 11.8 Å². The van der Waals surface area contributed by atoms with E-state index >= 15 is 0 Å². The van der Waals surface area contributed by atoms with Crippen molar-refractivity contribution in [2.24, 2.45) is 4.99 Å². The molecule has 0 spiro atoms. The average molecular weight is 447 g/mol. The van der Waals surface area contributed by atoms with E-state index in [1.54, 1.807) is 30.3 Å². The molecule has 0 saturated heterocycles. The maximum absolute atomic E-state index is 12.2. The Labute approximate surface area is 190 Å². The van der Waals surface area contributed by atoms with Gasteiger partial charge in [-0.15, -0.1) is 0 Å². The Morgan fingerprint density at radius 3 is 2.47 bits per heavy atom. The van der Waals surface area contributed by atoms with Gasteiger partial charge in [-0.2, -0.15) is 0 Å². The Morgan fingerprint density at radius 1 is 1.06 bits per heavy atom. The molecule has 0 radical (unpaired) electrons. The quantitative estimate of drug-likeness (QED) is 0.416. The summed E-state index contributed by atoms with van der Waals surface area (Å²) in [6.45, 7) is 1.80. The zero-order valence-corrected chi connectivity index (χ0v) is 17.9. The highest BCUT2D eigenvalue weighted by atomic mass is 35.5. The molecule has 1 aliphatic heterocycles. The van der Waals surface area contributed by atoms with Crippen LogP contribution in [-0.4, -0.2) is 17.8 Å². The second-order valence-electron chi connectivity index (χ2n) is 7.04. The monoisotopic (exact) mass is 446 g/mol. The first kappa shape index (κ1) is 21.3. The van der Waals surface area contributed by atoms with Gasteiger partial charge < -0.3 is 14.8 Å². The molecule has 0 saturated carbocycles. The smallest absolute Gasteiger partial charge is 0.363 e. The number of aliphatic imine (C=N–C) groups is 1. The molecular formula is C25H19ClN2O4. The zero-order valence-electron chi connectivity index (χ0n) is 17.2. The topological polar surface area (TPSA) is 77.0 Å². The number of anilines is 1. The molecule has 0 bridgehead atoms. The Kier molecular flexibility index (Phi) is 6.33. The molecule has 1 heterocycles. The van der Waals surface area contributed by atoms with E-state index in [1.165, 1.54) is 6.92 Å². The second-order valence-corrected chi connectivity index (χ2v) is 7.45. The molecule has 160 valence electrons. The number of hydrogen-bond acceptors (Lipinski definition) is 5. The number of hydrogen-bond donors (Lipinski definition) is 1. The lowest BCUT2D eigenvalue weighted by Gasteiger charge is -2.07. The highest BCUT2D eigenvalue weighted by Crippen LogP contribution is 2.23. The maximum Gasteiger partial charge on any atom is 0.363 e. The maximum atomic E-state index is 12.2. The molecule has 0 unspecified atom stereocenters. The molecule has 4 rings (SSSR count). The molecule has 3 aromatic carbocycles. The molecule has 0 aliphatic carbocycles. The molecule has 1 aliphatic rings. The van der Waals surface area contributed by atoms with E-state index in [1.807, 2.05) is 48.5 Å². The van der Waals surface area contributed by atoms with E-state index < -0.39 is 5.97 Å². The van der Waals surface area contributed by atoms with Crippen molar-refractivity contribution in [3.8, 4) is 5.75 Å². The largest absolute Gasteiger partial charge is 0.489 e. The summed E-state index contributed by atoms with van der Waals surface area (Å²) in [5, 5.41) is 3.34. The summed E-state index contributed by atoms with van der Waals surface area (Å²) < 4.78 is 11.1. The summed E-state index contributed by atoms with van der Waals surface area (Å²) >= 11 is 6.15. The van der Waals surface area contributed by atoms with Crippen LogP contribution in [0.4, 0.5) is 5.69 Å². The summed E-state index contributed by atoms with van der Waals surface area (Å²) in [5.41, 5.74) is 3.18. The van der Waals surface area contributed by atoms with Crippen LogP contribution < -0.4 is 10.1 Å². The molecule has 7 heteroatoms. The minimum Gasteiger partial charge on any atom is -0.489 e. The molecule has 6 nitrogen and oxygen atoms in total. The van der Waals surface area contributed by atoms with E-state index in [-0.39, 0.29) is 17.5 Å². The number of rotatable bonds is 6. The first-order valence-corrected chi connectivity index (χ1v) is 10.2. The summed E-state index contributed by atoms with van der Waals surface area (Å²) in [7, 11) is 0. The van der Waals surface area contributed by atoms with Crippen LogP contribution in [0.15, 0.2) is 83.5 Å². The van der Waals surface area contributed by atoms with E-state index in [9.17, 15) is 9.59 Å². The summed E-state index contributed by atoms with van der Waals surface area (Å²) in [6, 6.07) is 21.7. The number of carbonyl (C=O) groups is 2. The fourth-order valence-electron chi connectivity index (χ4n) is 3.03. The van der Waals surface area contributed by atoms with Crippen LogP contribution in [0, 0.1) is 0 Å². The first-order chi connectivity index (χ1) is 15.5. The number of amides is 1. The van der Waals surface area contributed by atoms with Crippen LogP contribution in [0.25, 0.3) is 6.08 Å². The standard InChI is InChI=1S/C25H19ClN2O4/c1-16(29)27-20-10-8-18(9-11-20)24-28-23(25(30)32-24)14-17-6-12-21(13-7-17)31-15-19-4-2-3-5-22(19)26/h2-14H,15H2,1H3,(H,27,29)/b23-14-. The Bertz CT molecular complexity index is 1220. The third-order valence-electron chi connectivity index (χ3n) is 4.61. The molecule has 3 aromatic rings. The fraction of sp³-hybridized carbons (Fsp3) is 0.0800. The number of benzene rings is 3. The third-order valence-corrected chi connectivity index (χ3v) is 4.98. The van der Waals surface area contributed by atoms with Gasteiger partial charge in [0.05, 0.1) is 0 Å². The van der Waals surface area contributed by atoms with Gasteiger partial charge >= 0.3 is 5.97 Å². The summed E-state index contributed by atoms with van der Waals surface area (Å²) in [6.07, 6.45) is 1.65. The van der Waals surface area contributed by atoms with E-state index in [0.717, 1.165) is 11.1 Å². The van der Waals surface area contributed by atoms with E-state index in [2.05, 4.69) is 10.3 Å². The average Bonchev–Trinajstić information content (AvgIpc) is 3.14. The highest BCUT2D eigenvalue weighted by molar-refractivity contribution is 6.31. The van der Waals surface area contributed by atoms with Gasteiger partial charge in [0.25, 0.3) is 0 Å². The predicted octanol–water partition coefficient (Wildman–Crippen LogP) is 5.22. The molecule has 0 atom stereocenters. The van der Waals surface area contributed by atoms with E-state index in [0.29, 0.717) is 28.6 Å². The number of esters is 1. The van der Waals surface area contributed by atoms with Gasteiger partial charge in [-0.05, 0) is 54.1 Å². The summed E-state index contributed by atoms with van der Waals surface area (Å²) in [5.74, 6) is 0.220. The summed E-state index contributed by atoms with van der Waals surface area (Å²) in [4.78, 5) is 27.7. The van der Waals surface area contributed by atoms with Crippen molar-refractivity contribution in [1.82, 2.24) is 0 Å². The van der Waals surface area contributed by atoms with Crippen molar-refractivity contribution in [2.75, 3.05) is 5.32 Å². The molecule has 0 aromatic heterocycles. The van der Waals surface area contributed by atoms with Crippen molar-refractivity contribution in [1.29, 1.82) is 0 Å². The van der Waals surface area contributed by atoms with Gasteiger partial charge in [-0.1, -0.05) is 41.9 Å². The first-order valence-electron chi connectivity index (χ1n) is 9.85. The second kappa shape index (κ2) is 9.49. The zero-order chi connectivity index (χ0) is 22.5. The van der Waals surface area contributed by atoms with Crippen molar-refractivity contribution in [2.45, 2.75) is 13.5 Å². The number of ether oxygens (including phenoxy) is 2. The molecule has 1 N–H and O–H groups in total. The molecule has 1 amide bonds. The van der Waals surface area contributed by atoms with Crippen LogP contribution in [0.3, 0.4) is 0 Å². The molecule has 0 fully saturated rings. The number of nitrogens with one attached hydrogen (secondary N) is 1. The van der Waals surface area contributed by atoms with Crippen LogP contribution in [0.5, 0.6) is 5.75 Å². The Balaban J connectivity index is 1.44. The fourth-order valence-corrected chi connectivity index (χ4v) is 3.22. The van der Waals surface area contributed by atoms with E-state index in [4.69, 9.17) is 21.1 Å². The Morgan fingerprint density at radius 2 is 1.78 bits per heavy atom. The van der Waals surface area contributed by atoms with Gasteiger partial charge in [-0.3, -0.25) is 4.79 Å². The minimum atomic E-state index is -0.523. The molecular weight excluding hydrogens is 428 g/mol. The van der Waals surface area contributed by atoms with Gasteiger partial charge in [-0.25, -0.2) is 9.79 Å².